The molecule has 1 amide bonds. The van der Waals surface area contributed by atoms with Crippen LogP contribution >= 0.6 is 0 Å². The standard InChI is InChI=1S/C17H14F4N2O/c18-13-7-1-10(2-8-13)9-23-15(14(22)16(23)24)11-3-5-12(6-4-11)17(19,20)21/h1-8,14-15H,9,22H2/t14-,15+/m1/s1. The number of halogens is 4. The highest BCUT2D eigenvalue weighted by molar-refractivity contribution is 5.89. The van der Waals surface area contributed by atoms with Gasteiger partial charge in [0.1, 0.15) is 11.9 Å². The molecule has 24 heavy (non-hydrogen) atoms. The van der Waals surface area contributed by atoms with Gasteiger partial charge in [0.25, 0.3) is 0 Å². The van der Waals surface area contributed by atoms with E-state index in [1.807, 2.05) is 0 Å². The molecule has 0 radical (unpaired) electrons. The van der Waals surface area contributed by atoms with Gasteiger partial charge >= 0.3 is 6.18 Å². The summed E-state index contributed by atoms with van der Waals surface area (Å²) in [5.74, 6) is -0.672. The lowest BCUT2D eigenvalue weighted by Gasteiger charge is -2.45. The average Bonchev–Trinajstić information content (AvgIpc) is 2.55. The van der Waals surface area contributed by atoms with Gasteiger partial charge in [-0.05, 0) is 35.4 Å². The lowest BCUT2D eigenvalue weighted by Crippen LogP contribution is -2.62. The quantitative estimate of drug-likeness (QED) is 0.690. The van der Waals surface area contributed by atoms with Crippen molar-refractivity contribution in [3.8, 4) is 0 Å². The number of hydrogen-bond donors (Lipinski definition) is 1. The minimum absolute atomic E-state index is 0.221. The number of hydrogen-bond acceptors (Lipinski definition) is 2. The first kappa shape index (κ1) is 16.4. The predicted molar refractivity (Wildman–Crippen MR) is 79.1 cm³/mol. The van der Waals surface area contributed by atoms with Gasteiger partial charge in [0.15, 0.2) is 0 Å². The van der Waals surface area contributed by atoms with Crippen molar-refractivity contribution in [1.29, 1.82) is 0 Å². The summed E-state index contributed by atoms with van der Waals surface area (Å²) in [6.07, 6.45) is -4.41. The van der Waals surface area contributed by atoms with Crippen LogP contribution in [0.1, 0.15) is 22.7 Å². The SMILES string of the molecule is N[C@H]1C(=O)N(Cc2ccc(F)cc2)[C@H]1c1ccc(C(F)(F)F)cc1. The number of likely N-dealkylation sites (tertiary alicyclic amines) is 1. The second kappa shape index (κ2) is 5.90. The van der Waals surface area contributed by atoms with Crippen molar-refractivity contribution in [2.24, 2.45) is 5.73 Å². The minimum atomic E-state index is -4.41. The van der Waals surface area contributed by atoms with E-state index < -0.39 is 23.8 Å². The van der Waals surface area contributed by atoms with Gasteiger partial charge in [0.2, 0.25) is 5.91 Å². The second-order valence-corrected chi connectivity index (χ2v) is 5.68. The molecule has 1 fully saturated rings. The van der Waals surface area contributed by atoms with Gasteiger partial charge in [-0.15, -0.1) is 0 Å². The van der Waals surface area contributed by atoms with Gasteiger partial charge in [-0.2, -0.15) is 13.2 Å². The van der Waals surface area contributed by atoms with Crippen LogP contribution < -0.4 is 5.73 Å². The van der Waals surface area contributed by atoms with Gasteiger partial charge in [-0.1, -0.05) is 24.3 Å². The molecule has 0 aromatic heterocycles. The molecule has 2 N–H and O–H groups in total. The van der Waals surface area contributed by atoms with Gasteiger partial charge < -0.3 is 10.6 Å². The number of carbonyl (C=O) groups is 1. The molecule has 0 bridgehead atoms. The van der Waals surface area contributed by atoms with Crippen molar-refractivity contribution in [2.45, 2.75) is 24.8 Å². The number of carbonyl (C=O) groups excluding carboxylic acids is 1. The number of benzene rings is 2. The third kappa shape index (κ3) is 2.99. The Morgan fingerprint density at radius 3 is 2.12 bits per heavy atom. The Bertz CT molecular complexity index is 741. The van der Waals surface area contributed by atoms with Crippen LogP contribution in [-0.2, 0) is 17.5 Å². The van der Waals surface area contributed by atoms with Crippen molar-refractivity contribution in [2.75, 3.05) is 0 Å². The number of amides is 1. The summed E-state index contributed by atoms with van der Waals surface area (Å²) in [4.78, 5) is 13.5. The van der Waals surface area contributed by atoms with Crippen molar-refractivity contribution in [3.63, 3.8) is 0 Å². The van der Waals surface area contributed by atoms with Crippen LogP contribution in [0.5, 0.6) is 0 Å². The first-order valence-corrected chi connectivity index (χ1v) is 7.25. The number of β-lactam (4-membered cyclic amide) rings is 1. The zero-order chi connectivity index (χ0) is 17.5. The zero-order valence-electron chi connectivity index (χ0n) is 12.4. The number of alkyl halides is 3. The molecule has 1 heterocycles. The Labute approximate surface area is 135 Å². The van der Waals surface area contributed by atoms with E-state index in [0.717, 1.165) is 12.1 Å². The molecule has 1 saturated heterocycles. The van der Waals surface area contributed by atoms with E-state index in [1.165, 1.54) is 29.2 Å². The smallest absolute Gasteiger partial charge is 0.328 e. The molecule has 3 nitrogen and oxygen atoms in total. The van der Waals surface area contributed by atoms with Gasteiger partial charge in [0, 0.05) is 6.54 Å². The van der Waals surface area contributed by atoms with E-state index in [2.05, 4.69) is 0 Å². The average molecular weight is 338 g/mol. The van der Waals surface area contributed by atoms with E-state index in [4.69, 9.17) is 5.73 Å². The van der Waals surface area contributed by atoms with Gasteiger partial charge in [-0.3, -0.25) is 4.79 Å². The third-order valence-electron chi connectivity index (χ3n) is 4.09. The topological polar surface area (TPSA) is 46.3 Å². The van der Waals surface area contributed by atoms with E-state index in [1.54, 1.807) is 12.1 Å². The van der Waals surface area contributed by atoms with Crippen LogP contribution in [-0.4, -0.2) is 16.8 Å². The second-order valence-electron chi connectivity index (χ2n) is 5.68. The molecule has 1 aliphatic heterocycles. The molecule has 0 unspecified atom stereocenters. The van der Waals surface area contributed by atoms with E-state index in [-0.39, 0.29) is 18.3 Å². The monoisotopic (exact) mass is 338 g/mol. The van der Waals surface area contributed by atoms with Crippen molar-refractivity contribution < 1.29 is 22.4 Å². The summed E-state index contributed by atoms with van der Waals surface area (Å²) in [7, 11) is 0. The molecule has 0 saturated carbocycles. The van der Waals surface area contributed by atoms with Gasteiger partial charge in [-0.25, -0.2) is 4.39 Å². The highest BCUT2D eigenvalue weighted by Gasteiger charge is 2.45. The van der Waals surface area contributed by atoms with Crippen LogP contribution in [0.3, 0.4) is 0 Å². The molecular weight excluding hydrogens is 324 g/mol. The zero-order valence-corrected chi connectivity index (χ0v) is 12.4. The largest absolute Gasteiger partial charge is 0.416 e. The molecule has 2 aromatic carbocycles. The van der Waals surface area contributed by atoms with Crippen molar-refractivity contribution in [3.05, 3.63) is 71.0 Å². The number of nitrogens with two attached hydrogens (primary N) is 1. The fourth-order valence-corrected chi connectivity index (χ4v) is 2.79. The van der Waals surface area contributed by atoms with Crippen LogP contribution in [0.15, 0.2) is 48.5 Å². The molecule has 126 valence electrons. The Morgan fingerprint density at radius 1 is 1.00 bits per heavy atom. The Balaban J connectivity index is 1.80. The summed E-state index contributed by atoms with van der Waals surface area (Å²) in [5.41, 5.74) is 6.32. The van der Waals surface area contributed by atoms with Crippen LogP contribution in [0, 0.1) is 5.82 Å². The van der Waals surface area contributed by atoms with Gasteiger partial charge in [0.05, 0.1) is 11.6 Å². The molecule has 7 heteroatoms. The normalized spacial score (nSPS) is 20.9. The molecule has 0 aliphatic carbocycles. The van der Waals surface area contributed by atoms with Crippen LogP contribution in [0.4, 0.5) is 17.6 Å². The van der Waals surface area contributed by atoms with Crippen LogP contribution in [0.25, 0.3) is 0 Å². The summed E-state index contributed by atoms with van der Waals surface area (Å²) < 4.78 is 50.8. The molecule has 3 rings (SSSR count). The fraction of sp³-hybridized carbons (Fsp3) is 0.235. The molecule has 2 aromatic rings. The first-order chi connectivity index (χ1) is 11.3. The maximum absolute atomic E-state index is 12.9. The minimum Gasteiger partial charge on any atom is -0.328 e. The summed E-state index contributed by atoms with van der Waals surface area (Å²) in [6.45, 7) is 0.221. The summed E-state index contributed by atoms with van der Waals surface area (Å²) in [6, 6.07) is 9.00. The number of rotatable bonds is 3. The van der Waals surface area contributed by atoms with E-state index in [9.17, 15) is 22.4 Å². The van der Waals surface area contributed by atoms with Crippen molar-refractivity contribution in [1.82, 2.24) is 4.90 Å². The lowest BCUT2D eigenvalue weighted by atomic mass is 9.88. The first-order valence-electron chi connectivity index (χ1n) is 7.25. The van der Waals surface area contributed by atoms with Crippen LogP contribution in [0.2, 0.25) is 0 Å². The Hall–Kier alpha value is -2.41. The number of nitrogens with zero attached hydrogens (tertiary/aromatic N) is 1. The Kier molecular flexibility index (Phi) is 4.04. The Morgan fingerprint density at radius 2 is 1.58 bits per heavy atom. The maximum Gasteiger partial charge on any atom is 0.416 e. The highest BCUT2D eigenvalue weighted by Crippen LogP contribution is 2.37. The molecule has 0 spiro atoms. The van der Waals surface area contributed by atoms with Crippen molar-refractivity contribution >= 4 is 5.91 Å². The van der Waals surface area contributed by atoms with E-state index >= 15 is 0 Å². The molecule has 2 atom stereocenters. The summed E-state index contributed by atoms with van der Waals surface area (Å²) in [5, 5.41) is 0. The molecule has 1 aliphatic rings. The highest BCUT2D eigenvalue weighted by atomic mass is 19.4. The lowest BCUT2D eigenvalue weighted by molar-refractivity contribution is -0.150. The van der Waals surface area contributed by atoms with E-state index in [0.29, 0.717) is 11.1 Å². The third-order valence-corrected chi connectivity index (χ3v) is 4.09. The molecular formula is C17H14F4N2O. The summed E-state index contributed by atoms with van der Waals surface area (Å²) >= 11 is 0. The fourth-order valence-electron chi connectivity index (χ4n) is 2.79. The predicted octanol–water partition coefficient (Wildman–Crippen LogP) is 3.26. The maximum atomic E-state index is 12.9.